The van der Waals surface area contributed by atoms with Crippen molar-refractivity contribution in [3.05, 3.63) is 77.6 Å². The molecule has 0 aliphatic heterocycles. The van der Waals surface area contributed by atoms with Crippen molar-refractivity contribution in [3.8, 4) is 11.3 Å². The number of hydrogen-bond donors (Lipinski definition) is 1. The van der Waals surface area contributed by atoms with Crippen molar-refractivity contribution in [2.75, 3.05) is 11.9 Å². The second-order valence-corrected chi connectivity index (χ2v) is 6.03. The summed E-state index contributed by atoms with van der Waals surface area (Å²) in [6, 6.07) is 17.2. The summed E-state index contributed by atoms with van der Waals surface area (Å²) in [5.41, 5.74) is 2.75. The molecule has 1 heterocycles. The number of anilines is 1. The molecule has 0 aliphatic carbocycles. The molecule has 28 heavy (non-hydrogen) atoms. The highest BCUT2D eigenvalue weighted by Gasteiger charge is 2.12. The number of para-hydroxylation sites is 1. The first kappa shape index (κ1) is 19.1. The van der Waals surface area contributed by atoms with Gasteiger partial charge in [0.05, 0.1) is 5.56 Å². The second kappa shape index (κ2) is 8.81. The van der Waals surface area contributed by atoms with Gasteiger partial charge in [0.1, 0.15) is 5.76 Å². The Balaban J connectivity index is 1.57. The Morgan fingerprint density at radius 2 is 1.79 bits per heavy atom. The van der Waals surface area contributed by atoms with Crippen molar-refractivity contribution in [2.24, 2.45) is 0 Å². The molecule has 0 fully saturated rings. The van der Waals surface area contributed by atoms with Gasteiger partial charge in [0, 0.05) is 11.3 Å². The van der Waals surface area contributed by atoms with Crippen molar-refractivity contribution in [3.63, 3.8) is 0 Å². The molecule has 0 bridgehead atoms. The second-order valence-electron chi connectivity index (χ2n) is 6.03. The van der Waals surface area contributed by atoms with E-state index in [1.54, 1.807) is 36.4 Å². The molecule has 1 N–H and O–H groups in total. The van der Waals surface area contributed by atoms with Gasteiger partial charge < -0.3 is 14.5 Å². The number of benzene rings is 2. The monoisotopic (exact) mass is 377 g/mol. The maximum Gasteiger partial charge on any atom is 0.338 e. The topological polar surface area (TPSA) is 85.6 Å². The van der Waals surface area contributed by atoms with Gasteiger partial charge in [0.25, 0.3) is 5.91 Å². The highest BCUT2D eigenvalue weighted by atomic mass is 16.5. The molecule has 2 aromatic carbocycles. The summed E-state index contributed by atoms with van der Waals surface area (Å²) in [6.45, 7) is 1.62. The molecular formula is C22H19NO5. The van der Waals surface area contributed by atoms with E-state index < -0.39 is 11.9 Å². The molecule has 6 heteroatoms. The van der Waals surface area contributed by atoms with Crippen LogP contribution in [0.5, 0.6) is 0 Å². The summed E-state index contributed by atoms with van der Waals surface area (Å²) in [4.78, 5) is 34.9. The lowest BCUT2D eigenvalue weighted by molar-refractivity contribution is -0.119. The highest BCUT2D eigenvalue weighted by molar-refractivity contribution is 5.96. The third kappa shape index (κ3) is 4.54. The molecule has 3 rings (SSSR count). The van der Waals surface area contributed by atoms with Gasteiger partial charge in [-0.25, -0.2) is 4.79 Å². The fraction of sp³-hybridized carbons (Fsp3) is 0.136. The first-order valence-corrected chi connectivity index (χ1v) is 8.81. The Morgan fingerprint density at radius 1 is 1.04 bits per heavy atom. The van der Waals surface area contributed by atoms with Crippen LogP contribution in [0, 0.1) is 0 Å². The number of esters is 1. The van der Waals surface area contributed by atoms with Crippen molar-refractivity contribution in [1.29, 1.82) is 0 Å². The first-order chi connectivity index (χ1) is 13.6. The molecule has 0 radical (unpaired) electrons. The lowest BCUT2D eigenvalue weighted by Gasteiger charge is -2.10. The SMILES string of the molecule is CCc1ccccc1NC(=O)COC(=O)c1ccc(-c2ccc(C=O)o2)cc1. The molecular weight excluding hydrogens is 358 g/mol. The molecule has 0 atom stereocenters. The largest absolute Gasteiger partial charge is 0.453 e. The standard InChI is InChI=1S/C22H19NO5/c1-2-15-5-3-4-6-19(15)23-21(25)14-27-22(26)17-9-7-16(8-10-17)20-12-11-18(13-24)28-20/h3-13H,2,14H2,1H3,(H,23,25). The van der Waals surface area contributed by atoms with Crippen molar-refractivity contribution in [2.45, 2.75) is 13.3 Å². The number of carbonyl (C=O) groups is 3. The van der Waals surface area contributed by atoms with E-state index >= 15 is 0 Å². The molecule has 0 unspecified atom stereocenters. The van der Waals surface area contributed by atoms with E-state index in [1.807, 2.05) is 31.2 Å². The van der Waals surface area contributed by atoms with Gasteiger partial charge in [0.15, 0.2) is 18.7 Å². The van der Waals surface area contributed by atoms with Crippen LogP contribution in [0.2, 0.25) is 0 Å². The van der Waals surface area contributed by atoms with Crippen LogP contribution in [0.4, 0.5) is 5.69 Å². The number of ether oxygens (including phenoxy) is 1. The number of aldehydes is 1. The highest BCUT2D eigenvalue weighted by Crippen LogP contribution is 2.22. The van der Waals surface area contributed by atoms with E-state index in [9.17, 15) is 14.4 Å². The van der Waals surface area contributed by atoms with Crippen molar-refractivity contribution < 1.29 is 23.5 Å². The summed E-state index contributed by atoms with van der Waals surface area (Å²) >= 11 is 0. The molecule has 0 spiro atoms. The maximum atomic E-state index is 12.2. The average Bonchev–Trinajstić information content (AvgIpc) is 3.22. The van der Waals surface area contributed by atoms with Crippen LogP contribution >= 0.6 is 0 Å². The fourth-order valence-electron chi connectivity index (χ4n) is 2.69. The molecule has 0 aliphatic rings. The smallest absolute Gasteiger partial charge is 0.338 e. The molecule has 6 nitrogen and oxygen atoms in total. The third-order valence-corrected chi connectivity index (χ3v) is 4.15. The van der Waals surface area contributed by atoms with Gasteiger partial charge in [-0.3, -0.25) is 9.59 Å². The van der Waals surface area contributed by atoms with Gasteiger partial charge in [-0.2, -0.15) is 0 Å². The number of hydrogen-bond acceptors (Lipinski definition) is 5. The summed E-state index contributed by atoms with van der Waals surface area (Å²) in [5.74, 6) is -0.244. The number of rotatable bonds is 7. The third-order valence-electron chi connectivity index (χ3n) is 4.15. The van der Waals surface area contributed by atoms with Crippen LogP contribution < -0.4 is 5.32 Å². The number of furan rings is 1. The predicted molar refractivity (Wildman–Crippen MR) is 104 cm³/mol. The van der Waals surface area contributed by atoms with Crippen LogP contribution in [0.3, 0.4) is 0 Å². The Kier molecular flexibility index (Phi) is 6.01. The summed E-state index contributed by atoms with van der Waals surface area (Å²) < 4.78 is 10.4. The molecule has 0 saturated heterocycles. The van der Waals surface area contributed by atoms with Crippen molar-refractivity contribution in [1.82, 2.24) is 0 Å². The van der Waals surface area contributed by atoms with Crippen LogP contribution in [-0.2, 0) is 16.0 Å². The normalized spacial score (nSPS) is 10.3. The van der Waals surface area contributed by atoms with Crippen LogP contribution in [0.1, 0.15) is 33.4 Å². The Hall–Kier alpha value is -3.67. The number of carbonyl (C=O) groups excluding carboxylic acids is 3. The molecule has 1 amide bonds. The average molecular weight is 377 g/mol. The minimum absolute atomic E-state index is 0.231. The summed E-state index contributed by atoms with van der Waals surface area (Å²) in [5, 5.41) is 2.75. The molecule has 3 aromatic rings. The summed E-state index contributed by atoms with van der Waals surface area (Å²) in [6.07, 6.45) is 1.41. The Bertz CT molecular complexity index is 988. The van der Waals surface area contributed by atoms with Gasteiger partial charge in [-0.1, -0.05) is 37.3 Å². The Labute approximate surface area is 162 Å². The fourth-order valence-corrected chi connectivity index (χ4v) is 2.69. The zero-order valence-corrected chi connectivity index (χ0v) is 15.3. The summed E-state index contributed by atoms with van der Waals surface area (Å²) in [7, 11) is 0. The minimum Gasteiger partial charge on any atom is -0.453 e. The van der Waals surface area contributed by atoms with Gasteiger partial charge in [-0.15, -0.1) is 0 Å². The zero-order valence-electron chi connectivity index (χ0n) is 15.3. The lowest BCUT2D eigenvalue weighted by atomic mass is 10.1. The quantitative estimate of drug-likeness (QED) is 0.494. The number of aryl methyl sites for hydroxylation is 1. The van der Waals surface area contributed by atoms with Crippen LogP contribution in [0.15, 0.2) is 65.1 Å². The van der Waals surface area contributed by atoms with Gasteiger partial charge in [0.2, 0.25) is 0 Å². The van der Waals surface area contributed by atoms with Crippen LogP contribution in [0.25, 0.3) is 11.3 Å². The minimum atomic E-state index is -0.599. The maximum absolute atomic E-state index is 12.2. The Morgan fingerprint density at radius 3 is 2.46 bits per heavy atom. The first-order valence-electron chi connectivity index (χ1n) is 8.81. The van der Waals surface area contributed by atoms with E-state index in [0.29, 0.717) is 23.3 Å². The van der Waals surface area contributed by atoms with E-state index in [2.05, 4.69) is 5.32 Å². The van der Waals surface area contributed by atoms with E-state index in [1.165, 1.54) is 0 Å². The van der Waals surface area contributed by atoms with E-state index in [-0.39, 0.29) is 12.4 Å². The molecule has 0 saturated carbocycles. The van der Waals surface area contributed by atoms with Crippen LogP contribution in [-0.4, -0.2) is 24.8 Å². The molecule has 1 aromatic heterocycles. The van der Waals surface area contributed by atoms with Gasteiger partial charge >= 0.3 is 5.97 Å². The zero-order chi connectivity index (χ0) is 19.9. The van der Waals surface area contributed by atoms with E-state index in [0.717, 1.165) is 17.5 Å². The number of nitrogens with one attached hydrogen (secondary N) is 1. The lowest BCUT2D eigenvalue weighted by Crippen LogP contribution is -2.21. The predicted octanol–water partition coefficient (Wildman–Crippen LogP) is 4.12. The number of amides is 1. The molecule has 142 valence electrons. The van der Waals surface area contributed by atoms with Crippen molar-refractivity contribution >= 4 is 23.9 Å². The van der Waals surface area contributed by atoms with E-state index in [4.69, 9.17) is 9.15 Å². The van der Waals surface area contributed by atoms with Gasteiger partial charge in [-0.05, 0) is 42.3 Å².